The van der Waals surface area contributed by atoms with E-state index in [0.717, 1.165) is 57.2 Å². The molecule has 38 heavy (non-hydrogen) atoms. The summed E-state index contributed by atoms with van der Waals surface area (Å²) in [6.45, 7) is 9.21. The van der Waals surface area contributed by atoms with Crippen molar-refractivity contribution in [1.29, 1.82) is 0 Å². The van der Waals surface area contributed by atoms with Crippen LogP contribution in [0.2, 0.25) is 0 Å². The number of ether oxygens (including phenoxy) is 2. The highest BCUT2D eigenvalue weighted by molar-refractivity contribution is 5.96. The van der Waals surface area contributed by atoms with Crippen LogP contribution in [-0.2, 0) is 14.3 Å². The Bertz CT molecular complexity index is 1130. The number of allylic oxidation sites excluding steroid dienone is 4. The zero-order valence-electron chi connectivity index (χ0n) is 22.9. The molecular formula is C31H41N3O4. The molecule has 0 N–H and O–H groups in total. The molecule has 1 saturated heterocycles. The van der Waals surface area contributed by atoms with Crippen molar-refractivity contribution < 1.29 is 19.1 Å². The van der Waals surface area contributed by atoms with Gasteiger partial charge in [0.05, 0.1) is 18.9 Å². The molecule has 1 aromatic heterocycles. The van der Waals surface area contributed by atoms with Crippen molar-refractivity contribution in [2.75, 3.05) is 39.5 Å². The Morgan fingerprint density at radius 2 is 2.03 bits per heavy atom. The predicted molar refractivity (Wildman–Crippen MR) is 146 cm³/mol. The number of morpholine rings is 1. The van der Waals surface area contributed by atoms with E-state index < -0.39 is 6.16 Å². The molecule has 5 aliphatic rings. The van der Waals surface area contributed by atoms with Crippen LogP contribution in [0.4, 0.5) is 4.79 Å². The van der Waals surface area contributed by atoms with E-state index in [0.29, 0.717) is 25.0 Å². The number of carbonyl (C=O) groups excluding carboxylic acids is 1. The van der Waals surface area contributed by atoms with Gasteiger partial charge in [-0.1, -0.05) is 36.7 Å². The first kappa shape index (κ1) is 25.8. The van der Waals surface area contributed by atoms with Crippen molar-refractivity contribution in [3.8, 4) is 0 Å². The lowest BCUT2D eigenvalue weighted by molar-refractivity contribution is -0.0191. The molecule has 0 unspecified atom stereocenters. The Balaban J connectivity index is 1.08. The van der Waals surface area contributed by atoms with E-state index in [-0.39, 0.29) is 10.8 Å². The maximum absolute atomic E-state index is 12.1. The van der Waals surface area contributed by atoms with E-state index >= 15 is 0 Å². The number of aromatic nitrogens is 1. The number of oxime groups is 1. The average molecular weight is 520 g/mol. The predicted octanol–water partition coefficient (Wildman–Crippen LogP) is 5.88. The zero-order chi connectivity index (χ0) is 26.2. The first-order valence-corrected chi connectivity index (χ1v) is 14.5. The van der Waals surface area contributed by atoms with Crippen molar-refractivity contribution in [3.63, 3.8) is 0 Å². The second-order valence-electron chi connectivity index (χ2n) is 12.3. The third kappa shape index (κ3) is 4.73. The monoisotopic (exact) mass is 519 g/mol. The molecule has 0 amide bonds. The highest BCUT2D eigenvalue weighted by Gasteiger charge is 2.57. The number of fused-ring (bicyclic) bond motifs is 5. The van der Waals surface area contributed by atoms with Gasteiger partial charge >= 0.3 is 6.16 Å². The van der Waals surface area contributed by atoms with Gasteiger partial charge in [0.15, 0.2) is 0 Å². The van der Waals surface area contributed by atoms with E-state index in [2.05, 4.69) is 53.2 Å². The summed E-state index contributed by atoms with van der Waals surface area (Å²) in [6, 6.07) is 4.29. The molecule has 0 bridgehead atoms. The quantitative estimate of drug-likeness (QED) is 0.275. The Morgan fingerprint density at radius 3 is 2.84 bits per heavy atom. The lowest BCUT2D eigenvalue weighted by Crippen LogP contribution is -2.49. The molecule has 1 aromatic rings. The van der Waals surface area contributed by atoms with Gasteiger partial charge in [-0.2, -0.15) is 0 Å². The summed E-state index contributed by atoms with van der Waals surface area (Å²) in [5.41, 5.74) is 5.64. The molecule has 2 heterocycles. The Morgan fingerprint density at radius 1 is 1.16 bits per heavy atom. The third-order valence-corrected chi connectivity index (χ3v) is 10.5. The van der Waals surface area contributed by atoms with Gasteiger partial charge in [-0.25, -0.2) is 4.79 Å². The largest absolute Gasteiger partial charge is 0.535 e. The van der Waals surface area contributed by atoms with Crippen LogP contribution in [0.25, 0.3) is 5.57 Å². The fourth-order valence-electron chi connectivity index (χ4n) is 8.39. The van der Waals surface area contributed by atoms with Crippen LogP contribution in [0.3, 0.4) is 0 Å². The SMILES string of the molecule is C[C@]12CCC(=NOC(=O)OCCN3CCOCC3)C=C1CC[C@H]1[C@@H]2CC[C@]2(C)C(c3cccnc3)=CC[C@@H]12. The Labute approximate surface area is 226 Å². The number of nitrogens with zero attached hydrogens (tertiary/aromatic N) is 3. The van der Waals surface area contributed by atoms with Crippen LogP contribution >= 0.6 is 0 Å². The first-order chi connectivity index (χ1) is 18.5. The number of hydrogen-bond acceptors (Lipinski definition) is 7. The number of rotatable bonds is 5. The molecular weight excluding hydrogens is 478 g/mol. The molecule has 4 aliphatic carbocycles. The second-order valence-corrected chi connectivity index (χ2v) is 12.3. The highest BCUT2D eigenvalue weighted by Crippen LogP contribution is 2.66. The fourth-order valence-corrected chi connectivity index (χ4v) is 8.39. The standard InChI is InChI=1S/C31H41N3O4/c1-30-11-9-24(33-38-29(35)37-19-16-34-14-17-36-18-15-34)20-23(30)5-6-25-27-8-7-26(22-4-3-13-32-21-22)31(27,2)12-10-28(25)30/h3-4,7,13,20-21,25,27-28H,5-6,8-12,14-19H2,1-2H3/t25-,27+,28+,30+,31-/m1/s1. The van der Waals surface area contributed by atoms with Gasteiger partial charge in [0, 0.05) is 32.0 Å². The Hall–Kier alpha value is -2.51. The smallest absolute Gasteiger partial charge is 0.431 e. The minimum Gasteiger partial charge on any atom is -0.431 e. The lowest BCUT2D eigenvalue weighted by atomic mass is 9.46. The average Bonchev–Trinajstić information content (AvgIpc) is 3.30. The number of pyridine rings is 1. The minimum atomic E-state index is -0.717. The molecule has 3 fully saturated rings. The molecule has 0 aromatic carbocycles. The summed E-state index contributed by atoms with van der Waals surface area (Å²) in [6.07, 6.45) is 15.9. The van der Waals surface area contributed by atoms with Gasteiger partial charge < -0.3 is 9.47 Å². The lowest BCUT2D eigenvalue weighted by Gasteiger charge is -2.58. The maximum Gasteiger partial charge on any atom is 0.535 e. The van der Waals surface area contributed by atoms with Crippen LogP contribution in [0.5, 0.6) is 0 Å². The molecule has 0 spiro atoms. The van der Waals surface area contributed by atoms with Gasteiger partial charge in [0.1, 0.15) is 6.61 Å². The van der Waals surface area contributed by atoms with Crippen molar-refractivity contribution in [3.05, 3.63) is 47.8 Å². The van der Waals surface area contributed by atoms with Gasteiger partial charge in [0.25, 0.3) is 0 Å². The molecule has 7 nitrogen and oxygen atoms in total. The topological polar surface area (TPSA) is 73.2 Å². The summed E-state index contributed by atoms with van der Waals surface area (Å²) in [7, 11) is 0. The Kier molecular flexibility index (Phi) is 7.16. The summed E-state index contributed by atoms with van der Waals surface area (Å²) < 4.78 is 10.6. The highest BCUT2D eigenvalue weighted by atomic mass is 16.8. The van der Waals surface area contributed by atoms with Gasteiger partial charge in [-0.05, 0) is 96.8 Å². The molecule has 0 radical (unpaired) electrons. The van der Waals surface area contributed by atoms with E-state index in [9.17, 15) is 4.79 Å². The minimum absolute atomic E-state index is 0.207. The zero-order valence-corrected chi connectivity index (χ0v) is 22.9. The van der Waals surface area contributed by atoms with Crippen LogP contribution in [0.15, 0.2) is 47.4 Å². The second kappa shape index (κ2) is 10.6. The maximum atomic E-state index is 12.1. The van der Waals surface area contributed by atoms with Crippen LogP contribution < -0.4 is 0 Å². The van der Waals surface area contributed by atoms with Crippen LogP contribution in [0, 0.1) is 28.6 Å². The number of carbonyl (C=O) groups is 1. The van der Waals surface area contributed by atoms with Crippen LogP contribution in [-0.4, -0.2) is 61.2 Å². The summed E-state index contributed by atoms with van der Waals surface area (Å²) >= 11 is 0. The normalized spacial score (nSPS) is 35.9. The van der Waals surface area contributed by atoms with E-state index in [1.807, 2.05) is 12.4 Å². The summed E-state index contributed by atoms with van der Waals surface area (Å²) in [5.74, 6) is 2.16. The third-order valence-electron chi connectivity index (χ3n) is 10.5. The fraction of sp³-hybridized carbons (Fsp3) is 0.645. The van der Waals surface area contributed by atoms with Gasteiger partial charge in [-0.15, -0.1) is 0 Å². The van der Waals surface area contributed by atoms with Gasteiger partial charge in [-0.3, -0.25) is 14.7 Å². The van der Waals surface area contributed by atoms with Crippen LogP contribution in [0.1, 0.15) is 64.4 Å². The van der Waals surface area contributed by atoms with Gasteiger partial charge in [0.2, 0.25) is 0 Å². The van der Waals surface area contributed by atoms with Crippen molar-refractivity contribution in [2.45, 2.75) is 58.8 Å². The van der Waals surface area contributed by atoms with Crippen molar-refractivity contribution in [1.82, 2.24) is 9.88 Å². The molecule has 1 aliphatic heterocycles. The van der Waals surface area contributed by atoms with Crippen molar-refractivity contribution >= 4 is 17.4 Å². The molecule has 7 heteroatoms. The van der Waals surface area contributed by atoms with E-state index in [1.54, 1.807) is 0 Å². The van der Waals surface area contributed by atoms with E-state index in [1.165, 1.54) is 42.4 Å². The molecule has 6 rings (SSSR count). The van der Waals surface area contributed by atoms with E-state index in [4.69, 9.17) is 14.3 Å². The molecule has 204 valence electrons. The molecule has 2 saturated carbocycles. The number of hydrogen-bond donors (Lipinski definition) is 0. The first-order valence-electron chi connectivity index (χ1n) is 14.5. The molecule has 5 atom stereocenters. The van der Waals surface area contributed by atoms with Crippen molar-refractivity contribution in [2.24, 2.45) is 33.7 Å². The summed E-state index contributed by atoms with van der Waals surface area (Å²) in [4.78, 5) is 23.9. The summed E-state index contributed by atoms with van der Waals surface area (Å²) in [5, 5.41) is 4.20.